The number of carbonyl (C=O) groups is 2. The smallest absolute Gasteiger partial charge is 0.490 e. The van der Waals surface area contributed by atoms with Crippen LogP contribution in [0.4, 0.5) is 4.79 Å². The molecular formula is C13H16O5. The topological polar surface area (TPSA) is 61.8 Å². The number of ether oxygens (including phenoxy) is 3. The van der Waals surface area contributed by atoms with Gasteiger partial charge in [-0.05, 0) is 19.1 Å². The Balaban J connectivity index is 2.04. The molecule has 0 N–H and O–H groups in total. The minimum atomic E-state index is -0.784. The first-order valence-electron chi connectivity index (χ1n) is 5.65. The van der Waals surface area contributed by atoms with Crippen LogP contribution in [0.2, 0.25) is 0 Å². The largest absolute Gasteiger partial charge is 0.508 e. The van der Waals surface area contributed by atoms with Gasteiger partial charge in [-0.3, -0.25) is 4.79 Å². The molecule has 0 fully saturated rings. The van der Waals surface area contributed by atoms with Crippen LogP contribution >= 0.6 is 0 Å². The van der Waals surface area contributed by atoms with Gasteiger partial charge in [-0.25, -0.2) is 4.79 Å². The predicted octanol–water partition coefficient (Wildman–Crippen LogP) is 2.20. The fraction of sp³-hybridized carbons (Fsp3) is 0.385. The summed E-state index contributed by atoms with van der Waals surface area (Å²) in [5.41, 5.74) is 0. The van der Waals surface area contributed by atoms with Crippen LogP contribution < -0.4 is 4.74 Å². The van der Waals surface area contributed by atoms with Gasteiger partial charge in [0.1, 0.15) is 31.4 Å². The highest BCUT2D eigenvalue weighted by molar-refractivity contribution is 5.75. The van der Waals surface area contributed by atoms with Gasteiger partial charge in [0.2, 0.25) is 0 Å². The number of Topliss-reactive ketones (excluding diaryl/α,β-unsaturated/α-hetero) is 1. The Morgan fingerprint density at radius 1 is 1.00 bits per heavy atom. The molecule has 0 atom stereocenters. The highest BCUT2D eigenvalue weighted by Crippen LogP contribution is 2.07. The van der Waals surface area contributed by atoms with Gasteiger partial charge in [-0.15, -0.1) is 0 Å². The first kappa shape index (κ1) is 14.0. The van der Waals surface area contributed by atoms with Gasteiger partial charge in [0.15, 0.2) is 0 Å². The van der Waals surface area contributed by atoms with E-state index in [9.17, 15) is 9.59 Å². The first-order valence-corrected chi connectivity index (χ1v) is 5.65. The molecule has 0 saturated heterocycles. The van der Waals surface area contributed by atoms with Crippen LogP contribution in [-0.2, 0) is 14.3 Å². The maximum atomic E-state index is 11.0. The lowest BCUT2D eigenvalue weighted by Crippen LogP contribution is -2.14. The Kier molecular flexibility index (Phi) is 6.32. The van der Waals surface area contributed by atoms with Gasteiger partial charge in [0.25, 0.3) is 0 Å². The fourth-order valence-electron chi connectivity index (χ4n) is 1.12. The number of carbonyl (C=O) groups excluding carboxylic acids is 2. The van der Waals surface area contributed by atoms with E-state index >= 15 is 0 Å². The summed E-state index contributed by atoms with van der Waals surface area (Å²) < 4.78 is 14.7. The minimum Gasteiger partial charge on any atom is -0.490 e. The van der Waals surface area contributed by atoms with Crippen LogP contribution in [0.5, 0.6) is 5.75 Å². The number of hydrogen-bond donors (Lipinski definition) is 0. The van der Waals surface area contributed by atoms with Crippen molar-refractivity contribution >= 4 is 11.9 Å². The zero-order chi connectivity index (χ0) is 13.2. The zero-order valence-electron chi connectivity index (χ0n) is 10.3. The summed E-state index contributed by atoms with van der Waals surface area (Å²) in [6, 6.07) is 9.21. The molecule has 1 aromatic carbocycles. The van der Waals surface area contributed by atoms with Gasteiger partial charge in [-0.1, -0.05) is 18.2 Å². The molecule has 98 valence electrons. The van der Waals surface area contributed by atoms with Crippen LogP contribution in [0.1, 0.15) is 13.3 Å². The number of ketones is 1. The molecule has 0 saturated carbocycles. The standard InChI is InChI=1S/C13H16O5/c1-11(14)7-8-17-13(15)18-10-9-16-12-5-3-2-4-6-12/h2-6H,7-10H2,1H3. The normalized spacial score (nSPS) is 9.61. The Bertz CT molecular complexity index is 374. The molecule has 1 aromatic rings. The quantitative estimate of drug-likeness (QED) is 0.550. The van der Waals surface area contributed by atoms with Gasteiger partial charge >= 0.3 is 6.16 Å². The lowest BCUT2D eigenvalue weighted by molar-refractivity contribution is -0.117. The van der Waals surface area contributed by atoms with Crippen molar-refractivity contribution in [2.45, 2.75) is 13.3 Å². The second-order valence-electron chi connectivity index (χ2n) is 3.56. The molecule has 0 amide bonds. The predicted molar refractivity (Wildman–Crippen MR) is 64.5 cm³/mol. The highest BCUT2D eigenvalue weighted by Gasteiger charge is 2.04. The SMILES string of the molecule is CC(=O)CCOC(=O)OCCOc1ccccc1. The summed E-state index contributed by atoms with van der Waals surface area (Å²) in [4.78, 5) is 21.6. The first-order chi connectivity index (χ1) is 8.68. The Morgan fingerprint density at radius 2 is 1.67 bits per heavy atom. The fourth-order valence-corrected chi connectivity index (χ4v) is 1.12. The molecule has 0 aromatic heterocycles. The molecular weight excluding hydrogens is 236 g/mol. The molecule has 5 heteroatoms. The number of hydrogen-bond acceptors (Lipinski definition) is 5. The van der Waals surface area contributed by atoms with E-state index in [2.05, 4.69) is 4.74 Å². The molecule has 18 heavy (non-hydrogen) atoms. The van der Waals surface area contributed by atoms with E-state index in [-0.39, 0.29) is 32.0 Å². The van der Waals surface area contributed by atoms with E-state index in [1.807, 2.05) is 30.3 Å². The highest BCUT2D eigenvalue weighted by atomic mass is 16.7. The molecule has 0 aliphatic rings. The lowest BCUT2D eigenvalue weighted by Gasteiger charge is -2.07. The van der Waals surface area contributed by atoms with Crippen molar-refractivity contribution in [2.24, 2.45) is 0 Å². The molecule has 0 aliphatic carbocycles. The molecule has 0 aliphatic heterocycles. The lowest BCUT2D eigenvalue weighted by atomic mass is 10.3. The van der Waals surface area contributed by atoms with Gasteiger partial charge in [0.05, 0.1) is 0 Å². The van der Waals surface area contributed by atoms with Crippen LogP contribution in [0.25, 0.3) is 0 Å². The molecule has 0 spiro atoms. The third-order valence-corrected chi connectivity index (χ3v) is 1.99. The number of para-hydroxylation sites is 1. The average molecular weight is 252 g/mol. The van der Waals surface area contributed by atoms with E-state index in [1.165, 1.54) is 6.92 Å². The third-order valence-electron chi connectivity index (χ3n) is 1.99. The van der Waals surface area contributed by atoms with Crippen LogP contribution in [0.3, 0.4) is 0 Å². The summed E-state index contributed by atoms with van der Waals surface area (Å²) in [6.45, 7) is 1.84. The van der Waals surface area contributed by atoms with E-state index in [0.717, 1.165) is 0 Å². The third kappa shape index (κ3) is 6.52. The zero-order valence-corrected chi connectivity index (χ0v) is 10.3. The van der Waals surface area contributed by atoms with Gasteiger partial charge in [-0.2, -0.15) is 0 Å². The van der Waals surface area contributed by atoms with E-state index < -0.39 is 6.16 Å². The summed E-state index contributed by atoms with van der Waals surface area (Å²) in [5.74, 6) is 0.682. The van der Waals surface area contributed by atoms with Crippen molar-refractivity contribution in [3.05, 3.63) is 30.3 Å². The van der Waals surface area contributed by atoms with E-state index in [0.29, 0.717) is 5.75 Å². The Hall–Kier alpha value is -2.04. The maximum absolute atomic E-state index is 11.0. The number of benzene rings is 1. The summed E-state index contributed by atoms with van der Waals surface area (Å²) in [7, 11) is 0. The molecule has 0 radical (unpaired) electrons. The van der Waals surface area contributed by atoms with Crippen molar-refractivity contribution in [3.63, 3.8) is 0 Å². The maximum Gasteiger partial charge on any atom is 0.508 e. The molecule has 0 bridgehead atoms. The minimum absolute atomic E-state index is 0.0322. The number of rotatable bonds is 7. The van der Waals surface area contributed by atoms with Crippen molar-refractivity contribution in [2.75, 3.05) is 19.8 Å². The van der Waals surface area contributed by atoms with Crippen molar-refractivity contribution in [3.8, 4) is 5.75 Å². The van der Waals surface area contributed by atoms with Crippen molar-refractivity contribution in [1.82, 2.24) is 0 Å². The van der Waals surface area contributed by atoms with Crippen LogP contribution in [-0.4, -0.2) is 31.8 Å². The van der Waals surface area contributed by atoms with E-state index in [4.69, 9.17) is 9.47 Å². The monoisotopic (exact) mass is 252 g/mol. The van der Waals surface area contributed by atoms with Crippen LogP contribution in [0.15, 0.2) is 30.3 Å². The molecule has 0 unspecified atom stereocenters. The van der Waals surface area contributed by atoms with Gasteiger partial charge < -0.3 is 14.2 Å². The molecule has 5 nitrogen and oxygen atoms in total. The molecule has 1 rings (SSSR count). The summed E-state index contributed by atoms with van der Waals surface area (Å²) >= 11 is 0. The Morgan fingerprint density at radius 3 is 2.33 bits per heavy atom. The Labute approximate surface area is 106 Å². The second-order valence-corrected chi connectivity index (χ2v) is 3.56. The van der Waals surface area contributed by atoms with Crippen molar-refractivity contribution in [1.29, 1.82) is 0 Å². The second kappa shape index (κ2) is 8.11. The van der Waals surface area contributed by atoms with Crippen molar-refractivity contribution < 1.29 is 23.8 Å². The molecule has 0 heterocycles. The van der Waals surface area contributed by atoms with Gasteiger partial charge in [0, 0.05) is 6.42 Å². The summed E-state index contributed by atoms with van der Waals surface area (Å²) in [5, 5.41) is 0. The summed E-state index contributed by atoms with van der Waals surface area (Å²) in [6.07, 6.45) is -0.580. The average Bonchev–Trinajstić information content (AvgIpc) is 2.35. The van der Waals surface area contributed by atoms with Crippen LogP contribution in [0, 0.1) is 0 Å². The van der Waals surface area contributed by atoms with E-state index in [1.54, 1.807) is 0 Å².